The van der Waals surface area contributed by atoms with Gasteiger partial charge in [-0.05, 0) is 31.3 Å². The molecule has 2 aliphatic rings. The molecule has 162 valence electrons. The van der Waals surface area contributed by atoms with Gasteiger partial charge in [0.25, 0.3) is 0 Å². The number of halogens is 2. The summed E-state index contributed by atoms with van der Waals surface area (Å²) in [4.78, 5) is 10.5. The third-order valence-electron chi connectivity index (χ3n) is 5.88. The number of rotatable bonds is 8. The molecule has 8 heteroatoms. The van der Waals surface area contributed by atoms with Crippen LogP contribution in [0.1, 0.15) is 46.0 Å². The van der Waals surface area contributed by atoms with Crippen LogP contribution in [0, 0.1) is 35.5 Å². The van der Waals surface area contributed by atoms with E-state index >= 15 is 8.78 Å². The van der Waals surface area contributed by atoms with Gasteiger partial charge in [0.1, 0.15) is 6.10 Å². The monoisotopic (exact) mass is 434 g/mol. The molecule has 1 unspecified atom stereocenters. The summed E-state index contributed by atoms with van der Waals surface area (Å²) < 4.78 is 36.0. The average molecular weight is 434 g/mol. The van der Waals surface area contributed by atoms with Crippen molar-refractivity contribution in [2.75, 3.05) is 0 Å². The van der Waals surface area contributed by atoms with Gasteiger partial charge in [0.15, 0.2) is 5.76 Å². The summed E-state index contributed by atoms with van der Waals surface area (Å²) in [5, 5.41) is 31.3. The Balaban J connectivity index is 0.00000450. The van der Waals surface area contributed by atoms with Crippen LogP contribution in [0.3, 0.4) is 0 Å². The van der Waals surface area contributed by atoms with Gasteiger partial charge in [-0.3, -0.25) is 0 Å². The predicted octanol–water partition coefficient (Wildman–Crippen LogP) is -0.962. The molecule has 7 atom stereocenters. The van der Waals surface area contributed by atoms with Gasteiger partial charge in [0.2, 0.25) is 0 Å². The van der Waals surface area contributed by atoms with Crippen molar-refractivity contribution in [2.45, 2.75) is 70.2 Å². The summed E-state index contributed by atoms with van der Waals surface area (Å²) in [6.45, 7) is 7.12. The minimum absolute atomic E-state index is 0. The number of alkyl halides is 2. The van der Waals surface area contributed by atoms with Crippen LogP contribution in [0.4, 0.5) is 8.78 Å². The average Bonchev–Trinajstić information content (AvgIpc) is 3.11. The second-order valence-electron chi connectivity index (χ2n) is 7.80. The molecular formula is C22H29F2NaO5. The first-order valence-corrected chi connectivity index (χ1v) is 10.1. The summed E-state index contributed by atoms with van der Waals surface area (Å²) in [5.74, 6) is -2.38. The Labute approximate surface area is 198 Å². The van der Waals surface area contributed by atoms with Gasteiger partial charge in [-0.1, -0.05) is 25.8 Å². The largest absolute Gasteiger partial charge is 1.00 e. The van der Waals surface area contributed by atoms with Gasteiger partial charge in [-0.15, -0.1) is 12.5 Å². The maximum absolute atomic E-state index is 15.2. The number of hydrogen-bond acceptors (Lipinski definition) is 5. The molecule has 1 aliphatic heterocycles. The SMILES string of the molecule is C=C[C@H](O)[C@@H](C)C(C#CCC)[C@@H]1[C@@H]2[C@H](C[C@H]1O)OC(=CCCCC(=O)[O-])C2(F)F.[Na+]. The number of carbonyl (C=O) groups excluding carboxylic acids is 1. The third kappa shape index (κ3) is 5.86. The number of carbonyl (C=O) groups is 1. The van der Waals surface area contributed by atoms with Crippen molar-refractivity contribution in [2.24, 2.45) is 23.7 Å². The second-order valence-corrected chi connectivity index (χ2v) is 7.80. The van der Waals surface area contributed by atoms with E-state index in [1.54, 1.807) is 6.92 Å². The van der Waals surface area contributed by atoms with Crippen molar-refractivity contribution >= 4 is 5.97 Å². The predicted molar refractivity (Wildman–Crippen MR) is 101 cm³/mol. The number of carboxylic acid groups (broad SMARTS) is 1. The molecule has 0 bridgehead atoms. The van der Waals surface area contributed by atoms with Crippen LogP contribution >= 0.6 is 0 Å². The molecule has 1 saturated heterocycles. The van der Waals surface area contributed by atoms with Crippen molar-refractivity contribution < 1.29 is 63.2 Å². The van der Waals surface area contributed by atoms with Crippen LogP contribution in [0.15, 0.2) is 24.5 Å². The van der Waals surface area contributed by atoms with Gasteiger partial charge in [0, 0.05) is 30.6 Å². The molecule has 0 spiro atoms. The molecule has 1 aliphatic carbocycles. The third-order valence-corrected chi connectivity index (χ3v) is 5.88. The summed E-state index contributed by atoms with van der Waals surface area (Å²) >= 11 is 0. The van der Waals surface area contributed by atoms with Gasteiger partial charge >= 0.3 is 35.5 Å². The Morgan fingerprint density at radius 1 is 1.50 bits per heavy atom. The number of aliphatic carboxylic acids is 1. The summed E-state index contributed by atoms with van der Waals surface area (Å²) in [6.07, 6.45) is 0.458. The van der Waals surface area contributed by atoms with E-state index < -0.39 is 59.6 Å². The van der Waals surface area contributed by atoms with Gasteiger partial charge in [-0.2, -0.15) is 8.78 Å². The zero-order chi connectivity index (χ0) is 21.8. The van der Waals surface area contributed by atoms with E-state index in [0.717, 1.165) is 0 Å². The molecule has 2 N–H and O–H groups in total. The molecule has 2 fully saturated rings. The maximum atomic E-state index is 15.2. The van der Waals surface area contributed by atoms with Gasteiger partial charge in [0.05, 0.1) is 18.1 Å². The first kappa shape index (κ1) is 27.1. The number of aliphatic hydroxyl groups is 2. The second kappa shape index (κ2) is 11.6. The molecule has 0 aromatic rings. The topological polar surface area (TPSA) is 89.8 Å². The molecule has 2 rings (SSSR count). The Morgan fingerprint density at radius 2 is 2.17 bits per heavy atom. The standard InChI is InChI=1S/C22H30F2O5.Na/c1-4-6-9-14(13(3)15(25)5-2)20-16(26)12-17-21(20)22(23,24)18(29-17)10-7-8-11-19(27)28;/h5,10,13-17,20-21,25-26H,2,4,7-8,11-12H2,1,3H3,(H,27,28);/q;+1/p-1/t13-,14?,15-,16+,17-,20-,21-;/m0./s1. The number of hydrogen-bond donors (Lipinski definition) is 2. The van der Waals surface area contributed by atoms with Crippen LogP contribution in [0.5, 0.6) is 0 Å². The number of ether oxygens (including phenoxy) is 1. The van der Waals surface area contributed by atoms with E-state index in [2.05, 4.69) is 18.4 Å². The Kier molecular flexibility index (Phi) is 10.5. The van der Waals surface area contributed by atoms with Crippen molar-refractivity contribution in [1.29, 1.82) is 0 Å². The Morgan fingerprint density at radius 3 is 2.73 bits per heavy atom. The zero-order valence-corrected chi connectivity index (χ0v) is 19.8. The minimum Gasteiger partial charge on any atom is -0.550 e. The van der Waals surface area contributed by atoms with Gasteiger partial charge in [-0.25, -0.2) is 0 Å². The molecule has 0 aromatic heterocycles. The number of carboxylic acids is 1. The molecule has 1 saturated carbocycles. The molecule has 5 nitrogen and oxygen atoms in total. The molecular weight excluding hydrogens is 405 g/mol. The molecule has 0 aromatic carbocycles. The van der Waals surface area contributed by atoms with Crippen LogP contribution < -0.4 is 34.7 Å². The molecule has 1 heterocycles. The smallest absolute Gasteiger partial charge is 0.550 e. The van der Waals surface area contributed by atoms with E-state index in [4.69, 9.17) is 4.74 Å². The molecule has 0 radical (unpaired) electrons. The number of unbranched alkanes of at least 4 members (excludes halogenated alkanes) is 1. The van der Waals surface area contributed by atoms with Crippen molar-refractivity contribution in [3.05, 3.63) is 24.5 Å². The number of aliphatic hydroxyl groups excluding tert-OH is 2. The van der Waals surface area contributed by atoms with Crippen molar-refractivity contribution in [3.63, 3.8) is 0 Å². The van der Waals surface area contributed by atoms with E-state index in [0.29, 0.717) is 6.42 Å². The fourth-order valence-electron chi connectivity index (χ4n) is 4.38. The first-order valence-electron chi connectivity index (χ1n) is 10.1. The van der Waals surface area contributed by atoms with E-state index in [1.807, 2.05) is 6.92 Å². The van der Waals surface area contributed by atoms with Crippen LogP contribution in [0.25, 0.3) is 0 Å². The Hall–Kier alpha value is -0.910. The number of allylic oxidation sites excluding steroid dienone is 2. The van der Waals surface area contributed by atoms with Gasteiger partial charge < -0.3 is 24.9 Å². The summed E-state index contributed by atoms with van der Waals surface area (Å²) in [5.41, 5.74) is 0. The fraction of sp³-hybridized carbons (Fsp3) is 0.682. The van der Waals surface area contributed by atoms with E-state index in [1.165, 1.54) is 12.2 Å². The van der Waals surface area contributed by atoms with E-state index in [9.17, 15) is 20.1 Å². The molecule has 30 heavy (non-hydrogen) atoms. The van der Waals surface area contributed by atoms with Crippen LogP contribution in [0.2, 0.25) is 0 Å². The van der Waals surface area contributed by atoms with E-state index in [-0.39, 0.29) is 55.2 Å². The van der Waals surface area contributed by atoms with Crippen molar-refractivity contribution in [3.8, 4) is 11.8 Å². The van der Waals surface area contributed by atoms with Crippen LogP contribution in [-0.2, 0) is 9.53 Å². The minimum atomic E-state index is -3.31. The molecule has 0 amide bonds. The van der Waals surface area contributed by atoms with Crippen LogP contribution in [-0.4, -0.2) is 40.4 Å². The first-order chi connectivity index (χ1) is 13.6. The number of fused-ring (bicyclic) bond motifs is 1. The maximum Gasteiger partial charge on any atom is 1.00 e. The fourth-order valence-corrected chi connectivity index (χ4v) is 4.38. The normalized spacial score (nSPS) is 30.8. The summed E-state index contributed by atoms with van der Waals surface area (Å²) in [7, 11) is 0. The van der Waals surface area contributed by atoms with Crippen molar-refractivity contribution in [1.82, 2.24) is 0 Å². The summed E-state index contributed by atoms with van der Waals surface area (Å²) in [6, 6.07) is 0. The quantitative estimate of drug-likeness (QED) is 0.222. The Bertz CT molecular complexity index is 699. The zero-order valence-electron chi connectivity index (χ0n) is 17.8.